The summed E-state index contributed by atoms with van der Waals surface area (Å²) in [5, 5.41) is 9.33. The van der Waals surface area contributed by atoms with Gasteiger partial charge in [0.15, 0.2) is 5.78 Å². The van der Waals surface area contributed by atoms with Gasteiger partial charge < -0.3 is 10.0 Å². The first kappa shape index (κ1) is 17.2. The standard InChI is InChI=1S/C15H18ClNO4/c1-10(2)17(9-15(20)21)14(19)8-7-13(18)11-3-5-12(16)6-4-11/h3-6,10H,7-9H2,1-2H3,(H,20,21). The van der Waals surface area contributed by atoms with Crippen molar-refractivity contribution in [3.8, 4) is 0 Å². The molecule has 0 unspecified atom stereocenters. The third kappa shape index (κ3) is 5.55. The Balaban J connectivity index is 2.60. The van der Waals surface area contributed by atoms with Crippen LogP contribution < -0.4 is 0 Å². The first-order valence-corrected chi connectivity index (χ1v) is 6.99. The molecule has 114 valence electrons. The van der Waals surface area contributed by atoms with E-state index < -0.39 is 5.97 Å². The van der Waals surface area contributed by atoms with E-state index >= 15 is 0 Å². The molecule has 5 nitrogen and oxygen atoms in total. The van der Waals surface area contributed by atoms with Crippen LogP contribution in [0.3, 0.4) is 0 Å². The minimum absolute atomic E-state index is 0.00702. The molecule has 0 saturated heterocycles. The number of nitrogens with zero attached hydrogens (tertiary/aromatic N) is 1. The predicted molar refractivity (Wildman–Crippen MR) is 79.5 cm³/mol. The lowest BCUT2D eigenvalue weighted by molar-refractivity contribution is -0.145. The number of carboxylic acid groups (broad SMARTS) is 1. The summed E-state index contributed by atoms with van der Waals surface area (Å²) in [7, 11) is 0. The smallest absolute Gasteiger partial charge is 0.323 e. The molecule has 0 fully saturated rings. The lowest BCUT2D eigenvalue weighted by atomic mass is 10.1. The number of aliphatic carboxylic acids is 1. The van der Waals surface area contributed by atoms with Crippen molar-refractivity contribution in [2.45, 2.75) is 32.7 Å². The van der Waals surface area contributed by atoms with Crippen molar-refractivity contribution >= 4 is 29.3 Å². The third-order valence-corrected chi connectivity index (χ3v) is 3.23. The van der Waals surface area contributed by atoms with E-state index in [9.17, 15) is 14.4 Å². The number of rotatable bonds is 7. The lowest BCUT2D eigenvalue weighted by Crippen LogP contribution is -2.40. The van der Waals surface area contributed by atoms with E-state index in [-0.39, 0.29) is 37.1 Å². The van der Waals surface area contributed by atoms with Gasteiger partial charge >= 0.3 is 5.97 Å². The van der Waals surface area contributed by atoms with E-state index in [0.29, 0.717) is 10.6 Å². The molecule has 0 saturated carbocycles. The molecule has 1 amide bonds. The van der Waals surface area contributed by atoms with Crippen LogP contribution in [0.25, 0.3) is 0 Å². The number of benzene rings is 1. The molecule has 1 N–H and O–H groups in total. The Labute approximate surface area is 128 Å². The van der Waals surface area contributed by atoms with Crippen molar-refractivity contribution in [3.05, 3.63) is 34.9 Å². The van der Waals surface area contributed by atoms with E-state index in [1.807, 2.05) is 0 Å². The van der Waals surface area contributed by atoms with Gasteiger partial charge in [-0.2, -0.15) is 0 Å². The van der Waals surface area contributed by atoms with Crippen LogP contribution in [-0.2, 0) is 9.59 Å². The highest BCUT2D eigenvalue weighted by molar-refractivity contribution is 6.30. The van der Waals surface area contributed by atoms with Crippen molar-refractivity contribution in [2.24, 2.45) is 0 Å². The molecule has 0 aromatic heterocycles. The minimum Gasteiger partial charge on any atom is -0.480 e. The van der Waals surface area contributed by atoms with Crippen LogP contribution in [0.15, 0.2) is 24.3 Å². The zero-order valence-electron chi connectivity index (χ0n) is 12.0. The van der Waals surface area contributed by atoms with Crippen molar-refractivity contribution < 1.29 is 19.5 Å². The van der Waals surface area contributed by atoms with E-state index in [1.54, 1.807) is 38.1 Å². The monoisotopic (exact) mass is 311 g/mol. The molecular weight excluding hydrogens is 294 g/mol. The maximum absolute atomic E-state index is 12.0. The van der Waals surface area contributed by atoms with E-state index in [1.165, 1.54) is 4.90 Å². The number of hydrogen-bond donors (Lipinski definition) is 1. The Morgan fingerprint density at radius 1 is 1.14 bits per heavy atom. The summed E-state index contributed by atoms with van der Waals surface area (Å²) in [5.74, 6) is -1.57. The molecular formula is C15H18ClNO4. The summed E-state index contributed by atoms with van der Waals surface area (Å²) < 4.78 is 0. The topological polar surface area (TPSA) is 74.7 Å². The third-order valence-electron chi connectivity index (χ3n) is 2.98. The van der Waals surface area contributed by atoms with Crippen molar-refractivity contribution in [1.29, 1.82) is 0 Å². The molecule has 0 spiro atoms. The maximum atomic E-state index is 12.0. The highest BCUT2D eigenvalue weighted by atomic mass is 35.5. The maximum Gasteiger partial charge on any atom is 0.323 e. The van der Waals surface area contributed by atoms with Crippen LogP contribution in [0.2, 0.25) is 5.02 Å². The van der Waals surface area contributed by atoms with Gasteiger partial charge in [0.05, 0.1) is 0 Å². The number of hydrogen-bond acceptors (Lipinski definition) is 3. The molecule has 0 atom stereocenters. The first-order valence-electron chi connectivity index (χ1n) is 6.61. The normalized spacial score (nSPS) is 10.5. The number of amides is 1. The summed E-state index contributed by atoms with van der Waals surface area (Å²) in [6, 6.07) is 6.21. The summed E-state index contributed by atoms with van der Waals surface area (Å²) in [6.07, 6.45) is 0.0379. The average molecular weight is 312 g/mol. The fourth-order valence-corrected chi connectivity index (χ4v) is 1.97. The number of carboxylic acids is 1. The molecule has 0 radical (unpaired) electrons. The number of carbonyl (C=O) groups excluding carboxylic acids is 2. The number of ketones is 1. The summed E-state index contributed by atoms with van der Waals surface area (Å²) >= 11 is 5.74. The molecule has 1 rings (SSSR count). The van der Waals surface area contributed by atoms with Crippen LogP contribution in [0.1, 0.15) is 37.0 Å². The Hall–Kier alpha value is -1.88. The molecule has 0 bridgehead atoms. The molecule has 1 aromatic rings. The lowest BCUT2D eigenvalue weighted by Gasteiger charge is -2.24. The van der Waals surface area contributed by atoms with Gasteiger partial charge in [-0.25, -0.2) is 0 Å². The fraction of sp³-hybridized carbons (Fsp3) is 0.400. The molecule has 6 heteroatoms. The van der Waals surface area contributed by atoms with Gasteiger partial charge in [-0.05, 0) is 38.1 Å². The van der Waals surface area contributed by atoms with E-state index in [4.69, 9.17) is 16.7 Å². The van der Waals surface area contributed by atoms with Crippen LogP contribution >= 0.6 is 11.6 Å². The van der Waals surface area contributed by atoms with Crippen molar-refractivity contribution in [2.75, 3.05) is 6.54 Å². The van der Waals surface area contributed by atoms with E-state index in [0.717, 1.165) is 0 Å². The van der Waals surface area contributed by atoms with Crippen LogP contribution in [0.4, 0.5) is 0 Å². The average Bonchev–Trinajstić information content (AvgIpc) is 2.42. The molecule has 1 aromatic carbocycles. The Morgan fingerprint density at radius 2 is 1.71 bits per heavy atom. The fourth-order valence-electron chi connectivity index (χ4n) is 1.85. The quantitative estimate of drug-likeness (QED) is 0.785. The van der Waals surface area contributed by atoms with Gasteiger partial charge in [0.25, 0.3) is 0 Å². The summed E-state index contributed by atoms with van der Waals surface area (Å²) in [6.45, 7) is 3.12. The second-order valence-corrected chi connectivity index (χ2v) is 5.38. The van der Waals surface area contributed by atoms with Crippen molar-refractivity contribution in [1.82, 2.24) is 4.90 Å². The number of Topliss-reactive ketones (excluding diaryl/α,β-unsaturated/α-hetero) is 1. The van der Waals surface area contributed by atoms with Crippen LogP contribution in [0.5, 0.6) is 0 Å². The Bertz CT molecular complexity index is 525. The molecule has 21 heavy (non-hydrogen) atoms. The van der Waals surface area contributed by atoms with Gasteiger partial charge in [0.1, 0.15) is 6.54 Å². The number of halogens is 1. The highest BCUT2D eigenvalue weighted by Gasteiger charge is 2.20. The highest BCUT2D eigenvalue weighted by Crippen LogP contribution is 2.13. The molecule has 0 aliphatic heterocycles. The Morgan fingerprint density at radius 3 is 2.19 bits per heavy atom. The Kier molecular flexibility index (Phi) is 6.37. The van der Waals surface area contributed by atoms with Crippen molar-refractivity contribution in [3.63, 3.8) is 0 Å². The van der Waals surface area contributed by atoms with Gasteiger partial charge in [-0.3, -0.25) is 14.4 Å². The van der Waals surface area contributed by atoms with Gasteiger partial charge in [0, 0.05) is 29.5 Å². The molecule has 0 aliphatic rings. The largest absolute Gasteiger partial charge is 0.480 e. The zero-order chi connectivity index (χ0) is 16.0. The van der Waals surface area contributed by atoms with Gasteiger partial charge in [-0.15, -0.1) is 0 Å². The van der Waals surface area contributed by atoms with Gasteiger partial charge in [0.2, 0.25) is 5.91 Å². The second kappa shape index (κ2) is 7.78. The first-order chi connectivity index (χ1) is 9.81. The van der Waals surface area contributed by atoms with Crippen LogP contribution in [-0.4, -0.2) is 40.3 Å². The van der Waals surface area contributed by atoms with Gasteiger partial charge in [-0.1, -0.05) is 11.6 Å². The number of carbonyl (C=O) groups is 3. The molecule has 0 aliphatic carbocycles. The van der Waals surface area contributed by atoms with Crippen LogP contribution in [0, 0.1) is 0 Å². The zero-order valence-corrected chi connectivity index (χ0v) is 12.8. The second-order valence-electron chi connectivity index (χ2n) is 4.94. The predicted octanol–water partition coefficient (Wildman–Crippen LogP) is 2.62. The SMILES string of the molecule is CC(C)N(CC(=O)O)C(=O)CCC(=O)c1ccc(Cl)cc1. The molecule has 0 heterocycles. The van der Waals surface area contributed by atoms with E-state index in [2.05, 4.69) is 0 Å². The summed E-state index contributed by atoms with van der Waals surface area (Å²) in [4.78, 5) is 35.9. The summed E-state index contributed by atoms with van der Waals surface area (Å²) in [5.41, 5.74) is 0.488. The minimum atomic E-state index is -1.07.